The van der Waals surface area contributed by atoms with Crippen molar-refractivity contribution in [2.75, 3.05) is 28.3 Å². The van der Waals surface area contributed by atoms with Gasteiger partial charge in [-0.05, 0) is 68.0 Å². The summed E-state index contributed by atoms with van der Waals surface area (Å²) in [4.78, 5) is 30.0. The lowest BCUT2D eigenvalue weighted by Crippen LogP contribution is -2.59. The van der Waals surface area contributed by atoms with Crippen LogP contribution in [-0.4, -0.2) is 155 Å². The number of methoxy groups -OCH3 is 2. The number of aliphatic hydroxyl groups excluding tert-OH is 4. The first-order chi connectivity index (χ1) is 24.5. The van der Waals surface area contributed by atoms with Gasteiger partial charge in [-0.25, -0.2) is 0 Å². The Labute approximate surface area is 316 Å². The fourth-order valence-electron chi connectivity index (χ4n) is 8.56. The minimum absolute atomic E-state index is 0.0767. The van der Waals surface area contributed by atoms with Crippen LogP contribution in [0.4, 0.5) is 0 Å². The van der Waals surface area contributed by atoms with Crippen molar-refractivity contribution in [2.24, 2.45) is 23.7 Å². The molecular weight excluding hydrogens is 690 g/mol. The Balaban J connectivity index is 2.20. The molecule has 3 aliphatic rings. The van der Waals surface area contributed by atoms with Gasteiger partial charge >= 0.3 is 5.97 Å². The molecule has 14 heteroatoms. The highest BCUT2D eigenvalue weighted by Gasteiger charge is 2.53. The van der Waals surface area contributed by atoms with E-state index in [-0.39, 0.29) is 31.4 Å². The normalized spacial score (nSPS) is 48.5. The molecule has 14 nitrogen and oxygen atoms in total. The van der Waals surface area contributed by atoms with Gasteiger partial charge in [-0.2, -0.15) is 0 Å². The van der Waals surface area contributed by atoms with Gasteiger partial charge in [-0.3, -0.25) is 9.59 Å². The molecule has 0 spiro atoms. The Morgan fingerprint density at radius 3 is 2.06 bits per heavy atom. The average molecular weight is 760 g/mol. The van der Waals surface area contributed by atoms with Gasteiger partial charge in [0.2, 0.25) is 0 Å². The number of Topliss-reactive ketones (excluding diaryl/α,β-unsaturated/α-hetero) is 1. The number of carbonyl (C=O) groups excluding carboxylic acids is 2. The number of aliphatic hydroxyl groups is 5. The summed E-state index contributed by atoms with van der Waals surface area (Å²) < 4.78 is 36.6. The van der Waals surface area contributed by atoms with Gasteiger partial charge in [0.25, 0.3) is 0 Å². The molecule has 0 aromatic carbocycles. The van der Waals surface area contributed by atoms with Gasteiger partial charge in [0, 0.05) is 44.4 Å². The van der Waals surface area contributed by atoms with Crippen molar-refractivity contribution in [1.29, 1.82) is 0 Å². The predicted octanol–water partition coefficient (Wildman–Crippen LogP) is 1.99. The van der Waals surface area contributed by atoms with Crippen LogP contribution in [0.25, 0.3) is 0 Å². The lowest BCUT2D eigenvalue weighted by Gasteiger charge is -2.47. The maximum atomic E-state index is 14.0. The number of esters is 1. The number of ketones is 1. The molecule has 3 rings (SSSR count). The van der Waals surface area contributed by atoms with Gasteiger partial charge < -0.3 is 58.9 Å². The Kier molecular flexibility index (Phi) is 15.7. The largest absolute Gasteiger partial charge is 0.459 e. The zero-order chi connectivity index (χ0) is 40.4. The first-order valence-electron chi connectivity index (χ1n) is 19.1. The second kappa shape index (κ2) is 18.1. The van der Waals surface area contributed by atoms with Crippen molar-refractivity contribution in [2.45, 2.75) is 172 Å². The van der Waals surface area contributed by atoms with Crippen molar-refractivity contribution in [3.05, 3.63) is 12.2 Å². The van der Waals surface area contributed by atoms with E-state index in [0.717, 1.165) is 0 Å². The number of hydrogen-bond donors (Lipinski definition) is 5. The highest BCUT2D eigenvalue weighted by atomic mass is 16.7. The standard InChI is InChI=1S/C39H69NO13/c1-14-28-38(9,47)33(43)22(4)30(41)20(2)18-39(49-13,16-15-27-31(42)26(40(10)11)17-21(3)50-27)34(44)23(5)32(24(6)36(46)52-28)53-29-19-37(8,48-12)35(45)25(7)51-29/h15-16,20-29,31-35,42-45,47H,14,17-19H2,1-13H3/b16-15-/t20-,21?,22+,23+,24-,25?,26?,27?,28-,29?,31?,32?,33-,34?,35?,37?,38-,39-/m1/s1. The molecule has 0 bridgehead atoms. The predicted molar refractivity (Wildman–Crippen MR) is 196 cm³/mol. The van der Waals surface area contributed by atoms with E-state index in [1.165, 1.54) is 28.1 Å². The highest BCUT2D eigenvalue weighted by Crippen LogP contribution is 2.40. The van der Waals surface area contributed by atoms with Gasteiger partial charge in [0.05, 0.1) is 48.1 Å². The summed E-state index contributed by atoms with van der Waals surface area (Å²) in [6, 6.07) is -0.207. The molecule has 3 saturated heterocycles. The van der Waals surface area contributed by atoms with Crippen LogP contribution in [0.2, 0.25) is 0 Å². The summed E-state index contributed by atoms with van der Waals surface area (Å²) >= 11 is 0. The summed E-state index contributed by atoms with van der Waals surface area (Å²) in [5, 5.41) is 57.8. The lowest BCUT2D eigenvalue weighted by molar-refractivity contribution is -0.299. The van der Waals surface area contributed by atoms with Gasteiger partial charge in [-0.1, -0.05) is 39.8 Å². The molecule has 10 unspecified atom stereocenters. The zero-order valence-corrected chi connectivity index (χ0v) is 34.1. The number of carbonyl (C=O) groups is 2. The number of cyclic esters (lactones) is 1. The van der Waals surface area contributed by atoms with Crippen LogP contribution in [0.15, 0.2) is 12.2 Å². The van der Waals surface area contributed by atoms with Crippen molar-refractivity contribution in [3.8, 4) is 0 Å². The van der Waals surface area contributed by atoms with E-state index in [1.807, 2.05) is 25.9 Å². The Hall–Kier alpha value is -1.56. The number of hydrogen-bond acceptors (Lipinski definition) is 14. The molecule has 0 aliphatic carbocycles. The van der Waals surface area contributed by atoms with Gasteiger partial charge in [0.15, 0.2) is 6.29 Å². The van der Waals surface area contributed by atoms with Crippen LogP contribution in [0.3, 0.4) is 0 Å². The minimum atomic E-state index is -2.00. The van der Waals surface area contributed by atoms with E-state index in [1.54, 1.807) is 53.7 Å². The molecule has 308 valence electrons. The maximum absolute atomic E-state index is 14.0. The molecule has 18 atom stereocenters. The molecule has 53 heavy (non-hydrogen) atoms. The first kappa shape index (κ1) is 45.8. The maximum Gasteiger partial charge on any atom is 0.311 e. The van der Waals surface area contributed by atoms with Crippen molar-refractivity contribution in [3.63, 3.8) is 0 Å². The summed E-state index contributed by atoms with van der Waals surface area (Å²) in [5.74, 6) is -5.04. The number of rotatable bonds is 8. The quantitative estimate of drug-likeness (QED) is 0.178. The number of ether oxygens (including phenoxy) is 6. The van der Waals surface area contributed by atoms with Crippen LogP contribution >= 0.6 is 0 Å². The van der Waals surface area contributed by atoms with Crippen LogP contribution < -0.4 is 0 Å². The van der Waals surface area contributed by atoms with Crippen LogP contribution in [0, 0.1) is 23.7 Å². The second-order valence-corrected chi connectivity index (χ2v) is 16.6. The third kappa shape index (κ3) is 9.70. The Morgan fingerprint density at radius 2 is 1.51 bits per heavy atom. The average Bonchev–Trinajstić information content (AvgIpc) is 3.11. The zero-order valence-electron chi connectivity index (χ0n) is 34.1. The molecular formula is C39H69NO13. The fourth-order valence-corrected chi connectivity index (χ4v) is 8.56. The lowest BCUT2D eigenvalue weighted by atomic mass is 9.73. The van der Waals surface area contributed by atoms with E-state index < -0.39 is 107 Å². The van der Waals surface area contributed by atoms with E-state index in [9.17, 15) is 35.1 Å². The number of nitrogens with zero attached hydrogens (tertiary/aromatic N) is 1. The molecule has 3 heterocycles. The van der Waals surface area contributed by atoms with E-state index in [0.29, 0.717) is 6.42 Å². The molecule has 0 amide bonds. The highest BCUT2D eigenvalue weighted by molar-refractivity contribution is 5.83. The molecule has 5 N–H and O–H groups in total. The number of likely N-dealkylation sites (N-methyl/N-ethyl adjacent to an activating group) is 1. The molecule has 3 fully saturated rings. The topological polar surface area (TPSA) is 194 Å². The first-order valence-corrected chi connectivity index (χ1v) is 19.1. The third-order valence-corrected chi connectivity index (χ3v) is 12.4. The molecule has 0 aromatic heterocycles. The Morgan fingerprint density at radius 1 is 0.887 bits per heavy atom. The summed E-state index contributed by atoms with van der Waals surface area (Å²) in [7, 11) is 6.65. The van der Waals surface area contributed by atoms with E-state index in [2.05, 4.69) is 0 Å². The summed E-state index contributed by atoms with van der Waals surface area (Å²) in [5.41, 5.74) is -4.67. The fraction of sp³-hybridized carbons (Fsp3) is 0.897. The smallest absolute Gasteiger partial charge is 0.311 e. The molecule has 3 aliphatic heterocycles. The third-order valence-electron chi connectivity index (χ3n) is 12.4. The summed E-state index contributed by atoms with van der Waals surface area (Å²) in [6.45, 7) is 14.9. The Bertz CT molecular complexity index is 1250. The second-order valence-electron chi connectivity index (χ2n) is 16.6. The van der Waals surface area contributed by atoms with Crippen LogP contribution in [0.1, 0.15) is 88.0 Å². The molecule has 0 saturated carbocycles. The van der Waals surface area contributed by atoms with Crippen molar-refractivity contribution >= 4 is 11.8 Å². The van der Waals surface area contributed by atoms with Gasteiger partial charge in [-0.15, -0.1) is 0 Å². The van der Waals surface area contributed by atoms with Crippen molar-refractivity contribution < 1.29 is 63.5 Å². The SMILES string of the molecule is CC[C@H]1OC(=O)[C@H](C)C(OC2CC(C)(OC)C(O)C(C)O2)[C@H](C)C(O)[C@](/C=C\C2OC(C)CC(N(C)C)C2O)(OC)C[C@@H](C)C(=O)[C@H](C)[C@@H](O)[C@]1(C)O. The monoisotopic (exact) mass is 759 g/mol. The van der Waals surface area contributed by atoms with Crippen LogP contribution in [0.5, 0.6) is 0 Å². The van der Waals surface area contributed by atoms with E-state index in [4.69, 9.17) is 28.4 Å². The minimum Gasteiger partial charge on any atom is -0.459 e. The van der Waals surface area contributed by atoms with E-state index >= 15 is 0 Å². The van der Waals surface area contributed by atoms with Crippen molar-refractivity contribution in [1.82, 2.24) is 4.90 Å². The molecule has 0 radical (unpaired) electrons. The van der Waals surface area contributed by atoms with Gasteiger partial charge in [0.1, 0.15) is 35.3 Å². The molecule has 0 aromatic rings. The summed E-state index contributed by atoms with van der Waals surface area (Å²) in [6.07, 6.45) is -5.85. The van der Waals surface area contributed by atoms with Crippen LogP contribution in [-0.2, 0) is 38.0 Å².